The summed E-state index contributed by atoms with van der Waals surface area (Å²) in [6.45, 7) is -0.534. The van der Waals surface area contributed by atoms with E-state index >= 15 is 0 Å². The first kappa shape index (κ1) is 20.8. The maximum atomic E-state index is 13.6. The Morgan fingerprint density at radius 2 is 1.79 bits per heavy atom. The molecule has 0 atom stereocenters. The van der Waals surface area contributed by atoms with E-state index in [1.54, 1.807) is 35.8 Å². The number of sulfonamides is 1. The van der Waals surface area contributed by atoms with Gasteiger partial charge in [0.25, 0.3) is 5.19 Å². The summed E-state index contributed by atoms with van der Waals surface area (Å²) in [5.41, 5.74) is 0.743. The molecule has 3 rings (SSSR count). The molecule has 0 bridgehead atoms. The van der Waals surface area contributed by atoms with Crippen molar-refractivity contribution in [2.75, 3.05) is 6.54 Å². The molecule has 29 heavy (non-hydrogen) atoms. The number of thiazole rings is 1. The minimum absolute atomic E-state index is 0.131. The van der Waals surface area contributed by atoms with Crippen LogP contribution in [0.25, 0.3) is 0 Å². The molecule has 2 aromatic carbocycles. The van der Waals surface area contributed by atoms with Crippen LogP contribution >= 0.6 is 11.3 Å². The first-order chi connectivity index (χ1) is 13.8. The summed E-state index contributed by atoms with van der Waals surface area (Å²) in [7, 11) is -4.51. The third-order valence-corrected chi connectivity index (χ3v) is 5.74. The van der Waals surface area contributed by atoms with Crippen molar-refractivity contribution in [3.8, 4) is 10.9 Å². The van der Waals surface area contributed by atoms with E-state index in [4.69, 9.17) is 4.74 Å². The summed E-state index contributed by atoms with van der Waals surface area (Å²) in [4.78, 5) is 14.8. The molecule has 0 fully saturated rings. The molecule has 0 unspecified atom stereocenters. The maximum absolute atomic E-state index is 13.6. The van der Waals surface area contributed by atoms with Gasteiger partial charge >= 0.3 is 0 Å². The lowest BCUT2D eigenvalue weighted by Gasteiger charge is -2.09. The minimum atomic E-state index is -4.51. The van der Waals surface area contributed by atoms with Gasteiger partial charge in [-0.15, -0.1) is 0 Å². The van der Waals surface area contributed by atoms with Gasteiger partial charge in [0, 0.05) is 18.1 Å². The van der Waals surface area contributed by atoms with Crippen LogP contribution in [-0.4, -0.2) is 25.9 Å². The van der Waals surface area contributed by atoms with E-state index in [-0.39, 0.29) is 6.54 Å². The second kappa shape index (κ2) is 9.07. The minimum Gasteiger partial charge on any atom is -0.431 e. The zero-order valence-electron chi connectivity index (χ0n) is 14.8. The number of halogens is 2. The zero-order valence-corrected chi connectivity index (χ0v) is 16.4. The number of rotatable bonds is 8. The molecule has 152 valence electrons. The summed E-state index contributed by atoms with van der Waals surface area (Å²) in [6.07, 6.45) is 1.62. The Balaban J connectivity index is 1.51. The lowest BCUT2D eigenvalue weighted by Crippen LogP contribution is -2.37. The summed E-state index contributed by atoms with van der Waals surface area (Å²) in [5, 5.41) is 4.80. The molecule has 0 spiro atoms. The fourth-order valence-corrected chi connectivity index (χ4v) is 3.89. The molecule has 1 heterocycles. The molecule has 2 N–H and O–H groups in total. The molecule has 7 nitrogen and oxygen atoms in total. The van der Waals surface area contributed by atoms with Gasteiger partial charge in [-0.25, -0.2) is 26.9 Å². The van der Waals surface area contributed by atoms with Crippen LogP contribution in [0.15, 0.2) is 58.9 Å². The number of nitrogens with zero attached hydrogens (tertiary/aromatic N) is 1. The Bertz CT molecular complexity index is 1070. The Labute approximate surface area is 169 Å². The molecular weight excluding hydrogens is 424 g/mol. The number of ether oxygens (including phenoxy) is 1. The molecule has 1 amide bonds. The fourth-order valence-electron chi connectivity index (χ4n) is 2.27. The monoisotopic (exact) mass is 439 g/mol. The van der Waals surface area contributed by atoms with Gasteiger partial charge in [-0.1, -0.05) is 29.5 Å². The van der Waals surface area contributed by atoms with Gasteiger partial charge in [-0.2, -0.15) is 0 Å². The second-order valence-corrected chi connectivity index (χ2v) is 8.26. The first-order valence-corrected chi connectivity index (χ1v) is 10.6. The third-order valence-electron chi connectivity index (χ3n) is 3.64. The highest BCUT2D eigenvalue weighted by molar-refractivity contribution is 7.89. The van der Waals surface area contributed by atoms with E-state index in [2.05, 4.69) is 10.3 Å². The van der Waals surface area contributed by atoms with Crippen LogP contribution < -0.4 is 14.8 Å². The standard InChI is InChI=1S/C18H15F2N3O4S2/c19-14-2-1-3-15(20)17(14)29(25,26)23-11-16(24)22-10-12-4-6-13(7-5-12)27-18-21-8-9-28-18/h1-9,23H,10-11H2,(H,22,24). The van der Waals surface area contributed by atoms with Crippen molar-refractivity contribution >= 4 is 27.3 Å². The van der Waals surface area contributed by atoms with Gasteiger partial charge in [0.15, 0.2) is 4.90 Å². The van der Waals surface area contributed by atoms with Crippen LogP contribution in [-0.2, 0) is 21.4 Å². The van der Waals surface area contributed by atoms with Crippen molar-refractivity contribution in [3.05, 3.63) is 71.2 Å². The maximum Gasteiger partial charge on any atom is 0.278 e. The van der Waals surface area contributed by atoms with Crippen LogP contribution in [0.2, 0.25) is 0 Å². The van der Waals surface area contributed by atoms with Gasteiger partial charge in [-0.3, -0.25) is 4.79 Å². The average molecular weight is 439 g/mol. The number of amides is 1. The third kappa shape index (κ3) is 5.56. The molecule has 3 aromatic rings. The van der Waals surface area contributed by atoms with E-state index < -0.39 is 39.0 Å². The first-order valence-electron chi connectivity index (χ1n) is 8.22. The second-order valence-electron chi connectivity index (χ2n) is 5.70. The average Bonchev–Trinajstić information content (AvgIpc) is 3.19. The molecule has 0 aliphatic rings. The van der Waals surface area contributed by atoms with E-state index in [1.165, 1.54) is 11.3 Å². The number of benzene rings is 2. The SMILES string of the molecule is O=C(CNS(=O)(=O)c1c(F)cccc1F)NCc1ccc(Oc2nccs2)cc1. The summed E-state index contributed by atoms with van der Waals surface area (Å²) >= 11 is 1.35. The molecule has 0 aliphatic heterocycles. The van der Waals surface area contributed by atoms with E-state index in [1.807, 2.05) is 4.72 Å². The predicted octanol–water partition coefficient (Wildman–Crippen LogP) is 2.81. The van der Waals surface area contributed by atoms with Gasteiger partial charge in [0.05, 0.1) is 6.54 Å². The summed E-state index contributed by atoms with van der Waals surface area (Å²) in [6, 6.07) is 9.53. The van der Waals surface area contributed by atoms with E-state index in [0.29, 0.717) is 10.9 Å². The molecule has 0 aliphatic carbocycles. The number of carbonyl (C=O) groups excluding carboxylic acids is 1. The molecule has 0 saturated carbocycles. The van der Waals surface area contributed by atoms with Crippen LogP contribution in [0.4, 0.5) is 8.78 Å². The van der Waals surface area contributed by atoms with Gasteiger partial charge < -0.3 is 10.1 Å². The highest BCUT2D eigenvalue weighted by Gasteiger charge is 2.24. The zero-order chi connectivity index (χ0) is 20.9. The van der Waals surface area contributed by atoms with E-state index in [0.717, 1.165) is 23.8 Å². The summed E-state index contributed by atoms with van der Waals surface area (Å²) < 4.78 is 58.7. The van der Waals surface area contributed by atoms with Crippen LogP contribution in [0.1, 0.15) is 5.56 Å². The van der Waals surface area contributed by atoms with Gasteiger partial charge in [0.2, 0.25) is 15.9 Å². The summed E-state index contributed by atoms with van der Waals surface area (Å²) in [5.74, 6) is -2.56. The Morgan fingerprint density at radius 1 is 1.10 bits per heavy atom. The number of hydrogen-bond acceptors (Lipinski definition) is 6. The van der Waals surface area contributed by atoms with Crippen molar-refractivity contribution in [2.45, 2.75) is 11.4 Å². The normalized spacial score (nSPS) is 11.2. The molecular formula is C18H15F2N3O4S2. The lowest BCUT2D eigenvalue weighted by molar-refractivity contribution is -0.120. The van der Waals surface area contributed by atoms with Crippen molar-refractivity contribution in [1.29, 1.82) is 0 Å². The van der Waals surface area contributed by atoms with Crippen LogP contribution in [0, 0.1) is 11.6 Å². The molecule has 1 aromatic heterocycles. The smallest absolute Gasteiger partial charge is 0.278 e. The van der Waals surface area contributed by atoms with Gasteiger partial charge in [-0.05, 0) is 29.8 Å². The quantitative estimate of drug-likeness (QED) is 0.563. The Kier molecular flexibility index (Phi) is 6.52. The van der Waals surface area contributed by atoms with Crippen molar-refractivity contribution in [1.82, 2.24) is 15.0 Å². The van der Waals surface area contributed by atoms with Gasteiger partial charge in [0.1, 0.15) is 17.4 Å². The number of hydrogen-bond donors (Lipinski definition) is 2. The largest absolute Gasteiger partial charge is 0.431 e. The number of aromatic nitrogens is 1. The Hall–Kier alpha value is -2.89. The highest BCUT2D eigenvalue weighted by atomic mass is 32.2. The predicted molar refractivity (Wildman–Crippen MR) is 102 cm³/mol. The Morgan fingerprint density at radius 3 is 2.41 bits per heavy atom. The topological polar surface area (TPSA) is 97.4 Å². The molecule has 11 heteroatoms. The highest BCUT2D eigenvalue weighted by Crippen LogP contribution is 2.23. The number of carbonyl (C=O) groups is 1. The van der Waals surface area contributed by atoms with Crippen molar-refractivity contribution < 1.29 is 26.7 Å². The van der Waals surface area contributed by atoms with Crippen LogP contribution in [0.3, 0.4) is 0 Å². The molecule has 0 radical (unpaired) electrons. The molecule has 0 saturated heterocycles. The lowest BCUT2D eigenvalue weighted by atomic mass is 10.2. The van der Waals surface area contributed by atoms with Crippen molar-refractivity contribution in [3.63, 3.8) is 0 Å². The fraction of sp³-hybridized carbons (Fsp3) is 0.111. The van der Waals surface area contributed by atoms with E-state index in [9.17, 15) is 22.0 Å². The number of nitrogens with one attached hydrogen (secondary N) is 2. The van der Waals surface area contributed by atoms with Crippen molar-refractivity contribution in [2.24, 2.45) is 0 Å². The van der Waals surface area contributed by atoms with Crippen LogP contribution in [0.5, 0.6) is 10.9 Å².